The highest BCUT2D eigenvalue weighted by Gasteiger charge is 2.60. The van der Waals surface area contributed by atoms with Crippen molar-refractivity contribution in [2.75, 3.05) is 38.5 Å². The first-order valence-corrected chi connectivity index (χ1v) is 6.86. The zero-order valence-electron chi connectivity index (χ0n) is 7.00. The van der Waals surface area contributed by atoms with E-state index in [1.165, 1.54) is 39.0 Å². The Balaban J connectivity index is 1.97. The summed E-state index contributed by atoms with van der Waals surface area (Å²) in [5.74, 6) is 0. The van der Waals surface area contributed by atoms with Gasteiger partial charge < -0.3 is 0 Å². The molecular weight excluding hydrogens is 155 g/mol. The second-order valence-corrected chi connectivity index (χ2v) is 7.72. The van der Waals surface area contributed by atoms with Gasteiger partial charge in [0, 0.05) is 25.9 Å². The van der Waals surface area contributed by atoms with Crippen LogP contribution in [0.3, 0.4) is 0 Å². The highest BCUT2D eigenvalue weighted by molar-refractivity contribution is 7.72. The van der Waals surface area contributed by atoms with E-state index in [1.54, 1.807) is 12.3 Å². The molecule has 0 radical (unpaired) electrons. The van der Waals surface area contributed by atoms with Crippen molar-refractivity contribution in [3.63, 3.8) is 0 Å². The summed E-state index contributed by atoms with van der Waals surface area (Å²) < 4.78 is 5.67. The first kappa shape index (κ1) is 6.82. The molecule has 11 heavy (non-hydrogen) atoms. The van der Waals surface area contributed by atoms with Gasteiger partial charge >= 0.3 is 0 Å². The van der Waals surface area contributed by atoms with Gasteiger partial charge in [0.15, 0.2) is 7.56 Å². The number of rotatable bonds is 0. The van der Waals surface area contributed by atoms with E-state index >= 15 is 0 Å². The van der Waals surface area contributed by atoms with Crippen LogP contribution >= 0.6 is 7.56 Å². The zero-order valence-corrected chi connectivity index (χ0v) is 7.89. The molecule has 0 aromatic heterocycles. The number of hydrogen-bond donors (Lipinski definition) is 0. The fourth-order valence-corrected chi connectivity index (χ4v) is 8.03. The van der Waals surface area contributed by atoms with Crippen LogP contribution in [-0.2, 0) is 0 Å². The molecule has 62 valence electrons. The van der Waals surface area contributed by atoms with Crippen LogP contribution < -0.4 is 0 Å². The molecule has 0 bridgehead atoms. The molecule has 0 N–H and O–H groups in total. The molecule has 0 aromatic carbocycles. The van der Waals surface area contributed by atoms with Crippen molar-refractivity contribution in [3.8, 4) is 0 Å². The molecule has 1 spiro atoms. The molecule has 3 saturated heterocycles. The van der Waals surface area contributed by atoms with Crippen molar-refractivity contribution in [3.05, 3.63) is 0 Å². The highest BCUT2D eigenvalue weighted by atomic mass is 31.2. The maximum absolute atomic E-state index is 2.83. The summed E-state index contributed by atoms with van der Waals surface area (Å²) >= 11 is 0. The average molecular weight is 171 g/mol. The van der Waals surface area contributed by atoms with E-state index in [9.17, 15) is 0 Å². The monoisotopic (exact) mass is 171 g/mol. The molecule has 0 amide bonds. The first-order valence-electron chi connectivity index (χ1n) is 4.80. The van der Waals surface area contributed by atoms with Crippen LogP contribution in [0.4, 0.5) is 0 Å². The molecule has 3 aliphatic heterocycles. The summed E-state index contributed by atoms with van der Waals surface area (Å²) in [7, 11) is -0.602. The van der Waals surface area contributed by atoms with Gasteiger partial charge in [-0.25, -0.2) is 0 Å². The van der Waals surface area contributed by atoms with Gasteiger partial charge in [0.05, 0.1) is 25.4 Å². The number of nitrogens with zero attached hydrogens (tertiary/aromatic N) is 2. The molecule has 0 atom stereocenters. The number of hydrogen-bond acceptors (Lipinski definition) is 2. The van der Waals surface area contributed by atoms with E-state index < -0.39 is 7.56 Å². The van der Waals surface area contributed by atoms with E-state index in [0.29, 0.717) is 0 Å². The summed E-state index contributed by atoms with van der Waals surface area (Å²) in [5, 5.41) is 0. The second-order valence-electron chi connectivity index (χ2n) is 3.94. The third-order valence-electron chi connectivity index (χ3n) is 3.53. The van der Waals surface area contributed by atoms with Crippen molar-refractivity contribution in [1.29, 1.82) is 0 Å². The Bertz CT molecular complexity index is 163. The van der Waals surface area contributed by atoms with Crippen molar-refractivity contribution >= 4 is 7.56 Å². The van der Waals surface area contributed by atoms with Crippen molar-refractivity contribution in [1.82, 2.24) is 9.34 Å². The third kappa shape index (κ3) is 0.734. The molecule has 0 aliphatic carbocycles. The van der Waals surface area contributed by atoms with Gasteiger partial charge in [-0.1, -0.05) is 0 Å². The standard InChI is InChI=1S/C8H16N2P/c1-3-9-5-6-10-4-2-8-11(9,10)7-1/h1-8H2/q+1. The Morgan fingerprint density at radius 1 is 0.727 bits per heavy atom. The normalized spacial score (nSPS) is 36.0. The Labute approximate surface area is 69.0 Å². The van der Waals surface area contributed by atoms with E-state index in [2.05, 4.69) is 9.34 Å². The van der Waals surface area contributed by atoms with E-state index in [0.717, 1.165) is 0 Å². The van der Waals surface area contributed by atoms with Gasteiger partial charge in [0.25, 0.3) is 0 Å². The van der Waals surface area contributed by atoms with Gasteiger partial charge in [0.1, 0.15) is 0 Å². The van der Waals surface area contributed by atoms with Gasteiger partial charge in [-0.3, -0.25) is 0 Å². The van der Waals surface area contributed by atoms with Crippen LogP contribution in [0.15, 0.2) is 0 Å². The molecule has 3 aliphatic rings. The topological polar surface area (TPSA) is 6.48 Å². The Kier molecular flexibility index (Phi) is 1.36. The van der Waals surface area contributed by atoms with Crippen molar-refractivity contribution < 1.29 is 0 Å². The SMILES string of the molecule is C1CN2CCN3CCC[P+]23C1. The van der Waals surface area contributed by atoms with E-state index in [-0.39, 0.29) is 0 Å². The molecule has 2 nitrogen and oxygen atoms in total. The molecular formula is C8H16N2P+. The van der Waals surface area contributed by atoms with E-state index in [4.69, 9.17) is 0 Å². The summed E-state index contributed by atoms with van der Waals surface area (Å²) in [5.41, 5.74) is 0. The van der Waals surface area contributed by atoms with Crippen LogP contribution in [-0.4, -0.2) is 47.8 Å². The minimum absolute atomic E-state index is 0.602. The van der Waals surface area contributed by atoms with Crippen LogP contribution in [0.5, 0.6) is 0 Å². The highest BCUT2D eigenvalue weighted by Crippen LogP contribution is 2.73. The summed E-state index contributed by atoms with van der Waals surface area (Å²) in [6.07, 6.45) is 6.11. The van der Waals surface area contributed by atoms with Crippen LogP contribution in [0, 0.1) is 0 Å². The Morgan fingerprint density at radius 3 is 1.82 bits per heavy atom. The fraction of sp³-hybridized carbons (Fsp3) is 1.00. The van der Waals surface area contributed by atoms with Crippen LogP contribution in [0.1, 0.15) is 12.8 Å². The average Bonchev–Trinajstić information content (AvgIpc) is 2.55. The molecule has 0 aromatic rings. The zero-order chi connectivity index (χ0) is 7.31. The maximum atomic E-state index is 2.83. The summed E-state index contributed by atoms with van der Waals surface area (Å²) in [6, 6.07) is 0. The fourth-order valence-electron chi connectivity index (χ4n) is 3.07. The molecule has 3 fully saturated rings. The molecule has 3 heteroatoms. The van der Waals surface area contributed by atoms with Crippen molar-refractivity contribution in [2.24, 2.45) is 0 Å². The minimum atomic E-state index is -0.602. The minimum Gasteiger partial charge on any atom is -0.162 e. The van der Waals surface area contributed by atoms with E-state index in [1.807, 2.05) is 0 Å². The first-order chi connectivity index (χ1) is 5.42. The summed E-state index contributed by atoms with van der Waals surface area (Å²) in [4.78, 5) is 0. The summed E-state index contributed by atoms with van der Waals surface area (Å²) in [6.45, 7) is 5.64. The quantitative estimate of drug-likeness (QED) is 0.506. The maximum Gasteiger partial charge on any atom is 0.153 e. The lowest BCUT2D eigenvalue weighted by Crippen LogP contribution is -2.16. The second kappa shape index (κ2) is 2.18. The van der Waals surface area contributed by atoms with Gasteiger partial charge in [0.2, 0.25) is 0 Å². The predicted octanol–water partition coefficient (Wildman–Crippen LogP) is 1.26. The molecule has 0 unspecified atom stereocenters. The van der Waals surface area contributed by atoms with Crippen LogP contribution in [0.2, 0.25) is 0 Å². The Hall–Kier alpha value is 0.350. The molecule has 3 rings (SSSR count). The largest absolute Gasteiger partial charge is 0.162 e. The molecule has 0 saturated carbocycles. The lowest BCUT2D eigenvalue weighted by atomic mass is 10.4. The smallest absolute Gasteiger partial charge is 0.153 e. The lowest BCUT2D eigenvalue weighted by molar-refractivity contribution is 0.464. The van der Waals surface area contributed by atoms with Crippen LogP contribution in [0.25, 0.3) is 0 Å². The van der Waals surface area contributed by atoms with Crippen molar-refractivity contribution in [2.45, 2.75) is 12.8 Å². The van der Waals surface area contributed by atoms with Gasteiger partial charge in [-0.2, -0.15) is 9.34 Å². The predicted molar refractivity (Wildman–Crippen MR) is 49.0 cm³/mol. The van der Waals surface area contributed by atoms with Gasteiger partial charge in [-0.05, 0) is 0 Å². The molecule has 3 heterocycles. The Morgan fingerprint density at radius 2 is 1.27 bits per heavy atom. The van der Waals surface area contributed by atoms with Gasteiger partial charge in [-0.15, -0.1) is 0 Å². The third-order valence-corrected chi connectivity index (χ3v) is 8.50. The lowest BCUT2D eigenvalue weighted by Gasteiger charge is -2.23.